The average Bonchev–Trinajstić information content (AvgIpc) is 3.12. The Kier molecular flexibility index (Phi) is 8.44. The van der Waals surface area contributed by atoms with Crippen molar-refractivity contribution in [3.63, 3.8) is 0 Å². The Bertz CT molecular complexity index is 1100. The topological polar surface area (TPSA) is 202 Å². The van der Waals surface area contributed by atoms with E-state index in [4.69, 9.17) is 23.7 Å². The summed E-state index contributed by atoms with van der Waals surface area (Å²) in [6, 6.07) is 8.90. The number of aliphatic hydroxyl groups is 6. The number of ether oxygens (including phenoxy) is 5. The van der Waals surface area contributed by atoms with Gasteiger partial charge in [0.15, 0.2) is 6.29 Å². The Balaban J connectivity index is 1.61. The van der Waals surface area contributed by atoms with Gasteiger partial charge in [-0.15, -0.1) is 0 Å². The summed E-state index contributed by atoms with van der Waals surface area (Å²) in [6.45, 7) is 0.532. The fourth-order valence-electron chi connectivity index (χ4n) is 5.22. The lowest BCUT2D eigenvalue weighted by atomic mass is 9.77. The van der Waals surface area contributed by atoms with Crippen LogP contribution in [-0.2, 0) is 33.3 Å². The van der Waals surface area contributed by atoms with Gasteiger partial charge in [0.05, 0.1) is 25.9 Å². The zero-order valence-corrected chi connectivity index (χ0v) is 21.2. The lowest BCUT2D eigenvalue weighted by Crippen LogP contribution is -2.62. The van der Waals surface area contributed by atoms with Crippen LogP contribution in [0.5, 0.6) is 0 Å². The Morgan fingerprint density at radius 1 is 1.08 bits per heavy atom. The number of hydrogen-bond acceptors (Lipinski definition) is 13. The minimum atomic E-state index is -2.19. The summed E-state index contributed by atoms with van der Waals surface area (Å²) in [7, 11) is 1.08. The van der Waals surface area contributed by atoms with Crippen LogP contribution >= 0.6 is 0 Å². The van der Waals surface area contributed by atoms with E-state index in [0.717, 1.165) is 25.0 Å². The first-order chi connectivity index (χ1) is 18.4. The zero-order valence-electron chi connectivity index (χ0n) is 21.2. The van der Waals surface area contributed by atoms with Crippen molar-refractivity contribution in [2.24, 2.45) is 5.92 Å². The molecular weight excluding hydrogens is 520 g/mol. The zero-order chi connectivity index (χ0) is 28.5. The molecule has 0 bridgehead atoms. The first-order valence-corrected chi connectivity index (χ1v) is 12.2. The molecular formula is C26H32O13. The molecule has 6 N–H and O–H groups in total. The van der Waals surface area contributed by atoms with E-state index in [-0.39, 0.29) is 5.57 Å². The van der Waals surface area contributed by atoms with Crippen molar-refractivity contribution in [1.29, 1.82) is 0 Å². The smallest absolute Gasteiger partial charge is 0.339 e. The Hall–Kier alpha value is -2.88. The lowest BCUT2D eigenvalue weighted by molar-refractivity contribution is -0.352. The van der Waals surface area contributed by atoms with Crippen LogP contribution in [0.4, 0.5) is 0 Å². The average molecular weight is 553 g/mol. The van der Waals surface area contributed by atoms with Gasteiger partial charge in [-0.05, 0) is 18.6 Å². The Morgan fingerprint density at radius 2 is 1.77 bits per heavy atom. The van der Waals surface area contributed by atoms with Crippen LogP contribution in [-0.4, -0.2) is 111 Å². The van der Waals surface area contributed by atoms with Crippen LogP contribution in [0.25, 0.3) is 6.08 Å². The van der Waals surface area contributed by atoms with Gasteiger partial charge in [0.1, 0.15) is 47.3 Å². The van der Waals surface area contributed by atoms with Crippen LogP contribution in [0.2, 0.25) is 0 Å². The number of fused-ring (bicyclic) bond motifs is 1. The van der Waals surface area contributed by atoms with E-state index in [0.29, 0.717) is 0 Å². The number of carbonyl (C=O) groups excluding carboxylic acids is 2. The normalized spacial score (nSPS) is 39.9. The van der Waals surface area contributed by atoms with E-state index in [1.54, 1.807) is 24.3 Å². The number of hydrogen-bond donors (Lipinski definition) is 6. The molecule has 1 aromatic rings. The molecule has 4 rings (SSSR count). The second-order valence-corrected chi connectivity index (χ2v) is 9.86. The Morgan fingerprint density at radius 3 is 2.41 bits per heavy atom. The highest BCUT2D eigenvalue weighted by atomic mass is 16.8. The van der Waals surface area contributed by atoms with Gasteiger partial charge in [0.25, 0.3) is 0 Å². The van der Waals surface area contributed by atoms with E-state index in [1.165, 1.54) is 13.0 Å². The number of benzene rings is 1. The molecule has 0 spiro atoms. The van der Waals surface area contributed by atoms with Crippen LogP contribution in [0.3, 0.4) is 0 Å². The van der Waals surface area contributed by atoms with Gasteiger partial charge in [-0.3, -0.25) is 0 Å². The quantitative estimate of drug-likeness (QED) is 0.166. The number of methoxy groups -OCH3 is 1. The van der Waals surface area contributed by atoms with Gasteiger partial charge in [0.2, 0.25) is 6.29 Å². The summed E-state index contributed by atoms with van der Waals surface area (Å²) in [5, 5.41) is 63.3. The molecule has 0 unspecified atom stereocenters. The SMILES string of the molecule is COC(=O)C1=CO[C@@H](O[C@H]2O[C@@H](CO)[C@@H](O)[C@@H](O)[C@@H]2O)[C@@H]2[C@@](C)(O)[C@@H](OC(=O)/C=C/c3ccccc3)C[C@]12O. The van der Waals surface area contributed by atoms with Crippen molar-refractivity contribution in [3.8, 4) is 0 Å². The first kappa shape index (κ1) is 29.1. The molecule has 0 amide bonds. The van der Waals surface area contributed by atoms with Crippen molar-refractivity contribution >= 4 is 18.0 Å². The number of aliphatic hydroxyl groups excluding tert-OH is 4. The van der Waals surface area contributed by atoms with Crippen molar-refractivity contribution < 1.29 is 63.9 Å². The highest BCUT2D eigenvalue weighted by Gasteiger charge is 2.69. The maximum absolute atomic E-state index is 12.6. The molecule has 39 heavy (non-hydrogen) atoms. The number of carbonyl (C=O) groups is 2. The largest absolute Gasteiger partial charge is 0.471 e. The molecule has 0 radical (unpaired) electrons. The van der Waals surface area contributed by atoms with Gasteiger partial charge >= 0.3 is 11.9 Å². The highest BCUT2D eigenvalue weighted by Crippen LogP contribution is 2.53. The number of rotatable bonds is 7. The fourth-order valence-corrected chi connectivity index (χ4v) is 5.22. The summed E-state index contributed by atoms with van der Waals surface area (Å²) in [4.78, 5) is 25.1. The third-order valence-electron chi connectivity index (χ3n) is 7.34. The molecule has 1 aromatic carbocycles. The molecule has 13 nitrogen and oxygen atoms in total. The van der Waals surface area contributed by atoms with E-state index < -0.39 is 85.2 Å². The molecule has 1 saturated carbocycles. The van der Waals surface area contributed by atoms with Crippen molar-refractivity contribution in [2.45, 2.75) is 67.6 Å². The van der Waals surface area contributed by atoms with E-state index in [1.807, 2.05) is 6.07 Å². The van der Waals surface area contributed by atoms with Crippen molar-refractivity contribution in [1.82, 2.24) is 0 Å². The minimum Gasteiger partial charge on any atom is -0.471 e. The van der Waals surface area contributed by atoms with Gasteiger partial charge in [0, 0.05) is 12.5 Å². The van der Waals surface area contributed by atoms with Crippen LogP contribution in [0.15, 0.2) is 48.2 Å². The molecule has 214 valence electrons. The summed E-state index contributed by atoms with van der Waals surface area (Å²) >= 11 is 0. The molecule has 3 aliphatic rings. The van der Waals surface area contributed by atoms with E-state index in [9.17, 15) is 40.2 Å². The third-order valence-corrected chi connectivity index (χ3v) is 7.34. The highest BCUT2D eigenvalue weighted by molar-refractivity contribution is 5.91. The minimum absolute atomic E-state index is 0.373. The second-order valence-electron chi connectivity index (χ2n) is 9.86. The summed E-state index contributed by atoms with van der Waals surface area (Å²) in [6.07, 6.45) is -8.13. The molecule has 10 atom stereocenters. The Labute approximate surface area is 223 Å². The lowest BCUT2D eigenvalue weighted by Gasteiger charge is -2.46. The second kappa shape index (κ2) is 11.3. The number of esters is 2. The molecule has 2 heterocycles. The van der Waals surface area contributed by atoms with Crippen LogP contribution in [0, 0.1) is 5.92 Å². The van der Waals surface area contributed by atoms with E-state index >= 15 is 0 Å². The molecule has 1 aliphatic carbocycles. The van der Waals surface area contributed by atoms with Gasteiger partial charge in [-0.1, -0.05) is 30.3 Å². The summed E-state index contributed by atoms with van der Waals surface area (Å²) in [5.74, 6) is -3.31. The maximum Gasteiger partial charge on any atom is 0.339 e. The fraction of sp³-hybridized carbons (Fsp3) is 0.538. The van der Waals surface area contributed by atoms with E-state index in [2.05, 4.69) is 0 Å². The molecule has 2 aliphatic heterocycles. The van der Waals surface area contributed by atoms with Gasteiger partial charge < -0.3 is 54.3 Å². The maximum atomic E-state index is 12.6. The summed E-state index contributed by atoms with van der Waals surface area (Å²) in [5.41, 5.74) is -3.92. The van der Waals surface area contributed by atoms with Crippen molar-refractivity contribution in [2.75, 3.05) is 13.7 Å². The van der Waals surface area contributed by atoms with Crippen LogP contribution < -0.4 is 0 Å². The van der Waals surface area contributed by atoms with Crippen LogP contribution in [0.1, 0.15) is 18.9 Å². The summed E-state index contributed by atoms with van der Waals surface area (Å²) < 4.78 is 26.8. The first-order valence-electron chi connectivity index (χ1n) is 12.2. The van der Waals surface area contributed by atoms with Gasteiger partial charge in [-0.2, -0.15) is 0 Å². The molecule has 13 heteroatoms. The molecule has 0 aromatic heterocycles. The molecule has 2 fully saturated rings. The van der Waals surface area contributed by atoms with Crippen molar-refractivity contribution in [3.05, 3.63) is 53.8 Å². The predicted octanol–water partition coefficient (Wildman–Crippen LogP) is -1.66. The standard InChI is InChI=1S/C26H32O13/c1-25(33)16(38-17(28)9-8-13-6-4-3-5-7-13)10-26(34)14(22(32)35-2)12-36-24(21(25)26)39-23-20(31)19(30)18(29)15(11-27)37-23/h3-9,12,15-16,18-21,23-24,27,29-31,33-34H,10-11H2,1-2H3/b9-8+/t15-,16-,18+,19+,20-,21+,23+,24-,25-,26-/m0/s1. The predicted molar refractivity (Wildman–Crippen MR) is 129 cm³/mol. The monoisotopic (exact) mass is 552 g/mol. The molecule has 1 saturated heterocycles. The van der Waals surface area contributed by atoms with Gasteiger partial charge in [-0.25, -0.2) is 9.59 Å². The third kappa shape index (κ3) is 5.44.